The van der Waals surface area contributed by atoms with E-state index in [4.69, 9.17) is 0 Å². The first-order chi connectivity index (χ1) is 11.4. The van der Waals surface area contributed by atoms with E-state index in [1.807, 2.05) is 49.3 Å². The second kappa shape index (κ2) is 9.95. The highest BCUT2D eigenvalue weighted by atomic mass is 127. The van der Waals surface area contributed by atoms with Gasteiger partial charge in [0.15, 0.2) is 11.7 Å². The largest absolute Gasteiger partial charge is 0.434 e. The molecule has 0 saturated heterocycles. The third kappa shape index (κ3) is 7.18. The highest BCUT2D eigenvalue weighted by Gasteiger charge is 2.33. The van der Waals surface area contributed by atoms with Crippen LogP contribution in [0.3, 0.4) is 0 Å². The summed E-state index contributed by atoms with van der Waals surface area (Å²) in [5.74, 6) is 0.687. The van der Waals surface area contributed by atoms with Crippen molar-refractivity contribution in [2.24, 2.45) is 4.99 Å². The number of thiazole rings is 1. The second-order valence-corrected chi connectivity index (χ2v) is 6.26. The van der Waals surface area contributed by atoms with Crippen molar-refractivity contribution in [2.45, 2.75) is 19.1 Å². The van der Waals surface area contributed by atoms with Crippen molar-refractivity contribution in [1.29, 1.82) is 0 Å². The number of nitrogens with one attached hydrogen (secondary N) is 1. The molecule has 0 unspecified atom stereocenters. The summed E-state index contributed by atoms with van der Waals surface area (Å²) in [7, 11) is 3.73. The molecule has 0 aliphatic heterocycles. The maximum absolute atomic E-state index is 12.5. The Morgan fingerprint density at radius 2 is 1.92 bits per heavy atom. The van der Waals surface area contributed by atoms with Gasteiger partial charge in [-0.1, -0.05) is 30.3 Å². The molecule has 9 heteroatoms. The van der Waals surface area contributed by atoms with Crippen molar-refractivity contribution in [2.75, 3.05) is 20.6 Å². The number of aromatic nitrogens is 1. The van der Waals surface area contributed by atoms with Crippen LogP contribution >= 0.6 is 35.3 Å². The van der Waals surface area contributed by atoms with Crippen LogP contribution in [0.25, 0.3) is 0 Å². The minimum Gasteiger partial charge on any atom is -0.356 e. The van der Waals surface area contributed by atoms with Gasteiger partial charge < -0.3 is 10.2 Å². The molecule has 0 spiro atoms. The number of nitrogens with zero attached hydrogens (tertiary/aromatic N) is 3. The molecule has 1 aromatic heterocycles. The van der Waals surface area contributed by atoms with E-state index >= 15 is 0 Å². The Morgan fingerprint density at radius 3 is 2.48 bits per heavy atom. The number of aliphatic imine (C=N–C) groups is 1. The average Bonchev–Trinajstić information content (AvgIpc) is 3.00. The molecule has 1 N–H and O–H groups in total. The Morgan fingerprint density at radius 1 is 1.24 bits per heavy atom. The van der Waals surface area contributed by atoms with Crippen molar-refractivity contribution in [3.05, 3.63) is 52.0 Å². The predicted molar refractivity (Wildman–Crippen MR) is 106 cm³/mol. The number of guanidine groups is 1. The number of benzene rings is 1. The molecule has 0 aliphatic rings. The molecule has 0 radical (unpaired) electrons. The van der Waals surface area contributed by atoms with Crippen molar-refractivity contribution in [3.8, 4) is 0 Å². The number of hydrogen-bond acceptors (Lipinski definition) is 3. The van der Waals surface area contributed by atoms with Crippen LogP contribution in [0.15, 0.2) is 40.7 Å². The summed E-state index contributed by atoms with van der Waals surface area (Å²) in [6, 6.07) is 9.83. The van der Waals surface area contributed by atoms with E-state index in [-0.39, 0.29) is 24.0 Å². The SMILES string of the molecule is CN(C)C(=NCc1ccccc1)NCCc1nc(C(F)(F)F)cs1.I. The predicted octanol–water partition coefficient (Wildman–Crippen LogP) is 4.03. The van der Waals surface area contributed by atoms with E-state index in [0.717, 1.165) is 22.3 Å². The van der Waals surface area contributed by atoms with Crippen molar-refractivity contribution in [3.63, 3.8) is 0 Å². The molecule has 138 valence electrons. The van der Waals surface area contributed by atoms with Crippen LogP contribution in [0.1, 0.15) is 16.3 Å². The van der Waals surface area contributed by atoms with E-state index in [1.165, 1.54) is 0 Å². The van der Waals surface area contributed by atoms with Crippen molar-refractivity contribution in [1.82, 2.24) is 15.2 Å². The van der Waals surface area contributed by atoms with Crippen LogP contribution in [0, 0.1) is 0 Å². The summed E-state index contributed by atoms with van der Waals surface area (Å²) in [6.45, 7) is 1.01. The molecule has 2 aromatic rings. The minimum absolute atomic E-state index is 0. The summed E-state index contributed by atoms with van der Waals surface area (Å²) >= 11 is 1.02. The maximum atomic E-state index is 12.5. The molecule has 0 aliphatic carbocycles. The molecule has 1 aromatic carbocycles. The van der Waals surface area contributed by atoms with Crippen LogP contribution in [0.2, 0.25) is 0 Å². The normalized spacial score (nSPS) is 11.8. The van der Waals surface area contributed by atoms with Gasteiger partial charge in [-0.25, -0.2) is 9.98 Å². The molecular formula is C16H20F3IN4S. The molecular weight excluding hydrogens is 464 g/mol. The monoisotopic (exact) mass is 484 g/mol. The van der Waals surface area contributed by atoms with Crippen LogP contribution in [0.4, 0.5) is 13.2 Å². The Hall–Kier alpha value is -1.36. The highest BCUT2D eigenvalue weighted by Crippen LogP contribution is 2.29. The van der Waals surface area contributed by atoms with Gasteiger partial charge >= 0.3 is 6.18 Å². The van der Waals surface area contributed by atoms with Gasteiger partial charge in [-0.05, 0) is 5.56 Å². The molecule has 4 nitrogen and oxygen atoms in total. The summed E-state index contributed by atoms with van der Waals surface area (Å²) in [6.07, 6.45) is -3.97. The third-order valence-electron chi connectivity index (χ3n) is 3.14. The smallest absolute Gasteiger partial charge is 0.356 e. The fourth-order valence-corrected chi connectivity index (χ4v) is 2.75. The van der Waals surface area contributed by atoms with Crippen LogP contribution < -0.4 is 5.32 Å². The lowest BCUT2D eigenvalue weighted by Gasteiger charge is -2.17. The molecule has 0 bridgehead atoms. The van der Waals surface area contributed by atoms with Crippen LogP contribution in [-0.4, -0.2) is 36.5 Å². The second-order valence-electron chi connectivity index (χ2n) is 5.32. The molecule has 2 rings (SSSR count). The van der Waals surface area contributed by atoms with Gasteiger partial charge in [-0.3, -0.25) is 0 Å². The van der Waals surface area contributed by atoms with Gasteiger partial charge in [-0.15, -0.1) is 35.3 Å². The first-order valence-electron chi connectivity index (χ1n) is 7.37. The topological polar surface area (TPSA) is 40.5 Å². The Balaban J connectivity index is 0.00000312. The van der Waals surface area contributed by atoms with Crippen molar-refractivity contribution < 1.29 is 13.2 Å². The third-order valence-corrected chi connectivity index (χ3v) is 4.05. The fraction of sp³-hybridized carbons (Fsp3) is 0.375. The molecule has 0 amide bonds. The Labute approximate surface area is 166 Å². The van der Waals surface area contributed by atoms with E-state index in [9.17, 15) is 13.2 Å². The van der Waals surface area contributed by atoms with Gasteiger partial charge in [-0.2, -0.15) is 13.2 Å². The van der Waals surface area contributed by atoms with E-state index in [1.54, 1.807) is 0 Å². The quantitative estimate of drug-likeness (QED) is 0.396. The number of alkyl halides is 3. The average molecular weight is 484 g/mol. The van der Waals surface area contributed by atoms with Crippen LogP contribution in [-0.2, 0) is 19.1 Å². The van der Waals surface area contributed by atoms with Gasteiger partial charge in [0, 0.05) is 32.4 Å². The number of hydrogen-bond donors (Lipinski definition) is 1. The first-order valence-corrected chi connectivity index (χ1v) is 8.25. The summed E-state index contributed by atoms with van der Waals surface area (Å²) < 4.78 is 37.6. The first kappa shape index (κ1) is 21.7. The van der Waals surface area contributed by atoms with Gasteiger partial charge in [0.05, 0.1) is 11.6 Å². The lowest BCUT2D eigenvalue weighted by atomic mass is 10.2. The maximum Gasteiger partial charge on any atom is 0.434 e. The van der Waals surface area contributed by atoms with Gasteiger partial charge in [0.1, 0.15) is 0 Å². The highest BCUT2D eigenvalue weighted by molar-refractivity contribution is 14.0. The molecule has 0 saturated carbocycles. The van der Waals surface area contributed by atoms with E-state index in [0.29, 0.717) is 30.5 Å². The minimum atomic E-state index is -4.38. The fourth-order valence-electron chi connectivity index (χ4n) is 1.94. The standard InChI is InChI=1S/C16H19F3N4S.HI/c1-23(2)15(21-10-12-6-4-3-5-7-12)20-9-8-14-22-13(11-24-14)16(17,18)19;/h3-7,11H,8-10H2,1-2H3,(H,20,21);1H. The van der Waals surface area contributed by atoms with Crippen molar-refractivity contribution >= 4 is 41.3 Å². The van der Waals surface area contributed by atoms with E-state index < -0.39 is 11.9 Å². The zero-order chi connectivity index (χ0) is 17.6. The van der Waals surface area contributed by atoms with Gasteiger partial charge in [0.2, 0.25) is 0 Å². The summed E-state index contributed by atoms with van der Waals surface area (Å²) in [5.41, 5.74) is 0.265. The molecule has 0 atom stereocenters. The Kier molecular flexibility index (Phi) is 8.63. The number of rotatable bonds is 5. The number of halogens is 4. The summed E-state index contributed by atoms with van der Waals surface area (Å²) in [5, 5.41) is 4.65. The zero-order valence-corrected chi connectivity index (χ0v) is 17.0. The Bertz CT molecular complexity index is 672. The molecule has 0 fully saturated rings. The molecule has 1 heterocycles. The lowest BCUT2D eigenvalue weighted by Crippen LogP contribution is -2.37. The van der Waals surface area contributed by atoms with Gasteiger partial charge in [0.25, 0.3) is 0 Å². The van der Waals surface area contributed by atoms with E-state index in [2.05, 4.69) is 15.3 Å². The zero-order valence-electron chi connectivity index (χ0n) is 13.9. The van der Waals surface area contributed by atoms with Crippen LogP contribution in [0.5, 0.6) is 0 Å². The lowest BCUT2D eigenvalue weighted by molar-refractivity contribution is -0.140. The molecule has 25 heavy (non-hydrogen) atoms. The summed E-state index contributed by atoms with van der Waals surface area (Å²) in [4.78, 5) is 9.96.